The predicted octanol–water partition coefficient (Wildman–Crippen LogP) is 15.1. The van der Waals surface area contributed by atoms with Gasteiger partial charge in [0.2, 0.25) is 0 Å². The normalized spacial score (nSPS) is 14.6. The average Bonchev–Trinajstić information content (AvgIpc) is 3.13. The second-order valence-electron chi connectivity index (χ2n) is 7.59. The number of nitrogens with zero attached hydrogens (tertiary/aromatic N) is 2. The Hall–Kier alpha value is 0.0300. The molecule has 296 valence electrons. The summed E-state index contributed by atoms with van der Waals surface area (Å²) in [4.78, 5) is -9.77. The van der Waals surface area contributed by atoms with E-state index in [0.29, 0.717) is 0 Å². The number of alkyl halides is 24. The van der Waals surface area contributed by atoms with Gasteiger partial charge in [-0.15, -0.1) is 0 Å². The van der Waals surface area contributed by atoms with E-state index in [0.717, 1.165) is 0 Å². The van der Waals surface area contributed by atoms with Crippen molar-refractivity contribution in [3.8, 4) is 0 Å². The first-order valence-electron chi connectivity index (χ1n) is 10.6. The minimum absolute atomic E-state index is 1.08. The molecule has 0 radical (unpaired) electrons. The van der Waals surface area contributed by atoms with E-state index in [4.69, 9.17) is 0 Å². The van der Waals surface area contributed by atoms with Gasteiger partial charge in [0.1, 0.15) is 20.1 Å². The molecule has 0 saturated heterocycles. The summed E-state index contributed by atoms with van der Waals surface area (Å²) in [5.41, 5.74) is -48.3. The highest BCUT2D eigenvalue weighted by atomic mass is 32.2. The summed E-state index contributed by atoms with van der Waals surface area (Å²) in [6, 6.07) is 0. The van der Waals surface area contributed by atoms with Crippen LogP contribution in [0.2, 0.25) is 0 Å². The van der Waals surface area contributed by atoms with Crippen LogP contribution in [0.4, 0.5) is 105 Å². The SMILES string of the molecule is FC(F)(F)Sc1c(SC(F)(F)F)c(SC(F)(F)F)n(Sn2c(SC(F)(F)F)c(SC(F)(F)F)c(SC(F)(F)F)c2SC(F)(F)F)c1SC(F)(F)F. The van der Waals surface area contributed by atoms with E-state index in [1.165, 1.54) is 0 Å². The van der Waals surface area contributed by atoms with Gasteiger partial charge in [0, 0.05) is 47.0 Å². The highest BCUT2D eigenvalue weighted by Crippen LogP contribution is 2.62. The molecule has 0 aliphatic carbocycles. The standard InChI is InChI=1S/C16F24N2S9/c17-9(18,19)43-1-2(44-10(20,21)22)6(48-14(32,33)34)41(5(1)47-13(29,30)31)51-42-7(49-15(35,36)37)3(45-11(23,24)25)4(46-12(26,27)28)8(42)50-16(38,39)40. The summed E-state index contributed by atoms with van der Waals surface area (Å²) in [6.07, 6.45) is 0. The van der Waals surface area contributed by atoms with E-state index in [9.17, 15) is 105 Å². The summed E-state index contributed by atoms with van der Waals surface area (Å²) >= 11 is -17.5. The van der Waals surface area contributed by atoms with Gasteiger partial charge >= 0.3 is 44.1 Å². The second kappa shape index (κ2) is 15.9. The molecular weight excluding hydrogens is 965 g/mol. The maximum Gasteiger partial charge on any atom is 0.447 e. The molecule has 0 bridgehead atoms. The smallest absolute Gasteiger partial charge is 0.251 e. The molecule has 2 heterocycles. The molecule has 0 aliphatic rings. The molecule has 35 heteroatoms. The summed E-state index contributed by atoms with van der Waals surface area (Å²) < 4.78 is 321. The molecule has 0 saturated carbocycles. The van der Waals surface area contributed by atoms with Gasteiger partial charge in [-0.1, -0.05) is 0 Å². The van der Waals surface area contributed by atoms with Crippen LogP contribution in [0, 0.1) is 0 Å². The molecule has 2 aromatic heterocycles. The maximum absolute atomic E-state index is 13.6. The van der Waals surface area contributed by atoms with Crippen LogP contribution in [0.3, 0.4) is 0 Å². The first kappa shape index (κ1) is 47.2. The van der Waals surface area contributed by atoms with Crippen molar-refractivity contribution in [1.82, 2.24) is 7.94 Å². The van der Waals surface area contributed by atoms with Gasteiger partial charge in [0.05, 0.1) is 31.7 Å². The van der Waals surface area contributed by atoms with Gasteiger partial charge in [-0.3, -0.25) is 7.94 Å². The number of thioether (sulfide) groups is 8. The van der Waals surface area contributed by atoms with Gasteiger partial charge in [0.25, 0.3) is 0 Å². The molecule has 0 aromatic carbocycles. The Morgan fingerprint density at radius 3 is 0.490 bits per heavy atom. The lowest BCUT2D eigenvalue weighted by molar-refractivity contribution is -0.0354. The Kier molecular flexibility index (Phi) is 14.7. The summed E-state index contributed by atoms with van der Waals surface area (Å²) in [5.74, 6) is 0. The number of aromatic nitrogens is 2. The third kappa shape index (κ3) is 16.3. The van der Waals surface area contributed by atoms with E-state index in [1.807, 2.05) is 0 Å². The zero-order valence-corrected chi connectivity index (χ0v) is 29.0. The number of hydrogen-bond acceptors (Lipinski definition) is 9. The Balaban J connectivity index is 3.37. The van der Waals surface area contributed by atoms with Crippen molar-refractivity contribution >= 4 is 106 Å². The Morgan fingerprint density at radius 2 is 0.373 bits per heavy atom. The monoisotopic (exact) mass is 964 g/mol. The Labute approximate surface area is 302 Å². The van der Waals surface area contributed by atoms with Crippen molar-refractivity contribution in [3.63, 3.8) is 0 Å². The first-order valence-corrected chi connectivity index (χ1v) is 17.8. The number of hydrogen-bond donors (Lipinski definition) is 0. The van der Waals surface area contributed by atoms with E-state index in [-0.39, 0.29) is 0 Å². The summed E-state index contributed by atoms with van der Waals surface area (Å²) in [5, 5.41) is -9.93. The molecule has 0 atom stereocenters. The molecule has 0 N–H and O–H groups in total. The zero-order chi connectivity index (χ0) is 40.1. The Bertz CT molecular complexity index is 1300. The molecule has 2 rings (SSSR count). The van der Waals surface area contributed by atoms with Crippen LogP contribution in [-0.4, -0.2) is 52.0 Å². The average molecular weight is 965 g/mol. The third-order valence-electron chi connectivity index (χ3n) is 3.81. The van der Waals surface area contributed by atoms with Crippen molar-refractivity contribution in [2.75, 3.05) is 0 Å². The fourth-order valence-corrected chi connectivity index (χ4v) is 11.3. The van der Waals surface area contributed by atoms with Gasteiger partial charge in [-0.25, -0.2) is 0 Å². The zero-order valence-electron chi connectivity index (χ0n) is 21.6. The van der Waals surface area contributed by atoms with Gasteiger partial charge in [-0.05, 0) is 47.0 Å². The van der Waals surface area contributed by atoms with Crippen LogP contribution < -0.4 is 0 Å². The van der Waals surface area contributed by atoms with Gasteiger partial charge in [-0.2, -0.15) is 105 Å². The lowest BCUT2D eigenvalue weighted by Crippen LogP contribution is -2.10. The van der Waals surface area contributed by atoms with Crippen LogP contribution in [0.15, 0.2) is 39.7 Å². The highest BCUT2D eigenvalue weighted by molar-refractivity contribution is 8.08. The lowest BCUT2D eigenvalue weighted by atomic mass is 10.6. The molecular formula is C16F24N2S9. The molecule has 0 unspecified atom stereocenters. The Morgan fingerprint density at radius 1 is 0.235 bits per heavy atom. The maximum atomic E-state index is 13.6. The van der Waals surface area contributed by atoms with E-state index >= 15 is 0 Å². The fraction of sp³-hybridized carbons (Fsp3) is 0.500. The highest BCUT2D eigenvalue weighted by Gasteiger charge is 2.49. The fourth-order valence-electron chi connectivity index (χ4n) is 2.78. The first-order chi connectivity index (χ1) is 22.2. The van der Waals surface area contributed by atoms with Crippen LogP contribution in [0.1, 0.15) is 0 Å². The van der Waals surface area contributed by atoms with E-state index in [1.54, 1.807) is 0 Å². The molecule has 0 fully saturated rings. The van der Waals surface area contributed by atoms with Crippen molar-refractivity contribution in [3.05, 3.63) is 0 Å². The van der Waals surface area contributed by atoms with Crippen molar-refractivity contribution in [2.45, 2.75) is 83.8 Å². The summed E-state index contributed by atoms with van der Waals surface area (Å²) in [6.45, 7) is 0. The molecule has 0 spiro atoms. The van der Waals surface area contributed by atoms with Gasteiger partial charge in [0.15, 0.2) is 0 Å². The number of halogens is 24. The van der Waals surface area contributed by atoms with Crippen molar-refractivity contribution in [1.29, 1.82) is 0 Å². The number of rotatable bonds is 10. The van der Waals surface area contributed by atoms with Crippen molar-refractivity contribution in [2.24, 2.45) is 0 Å². The lowest BCUT2D eigenvalue weighted by Gasteiger charge is -2.19. The third-order valence-corrected chi connectivity index (χ3v) is 12.7. The molecule has 2 aromatic rings. The second-order valence-corrected chi connectivity index (χ2v) is 17.0. The largest absolute Gasteiger partial charge is 0.447 e. The van der Waals surface area contributed by atoms with E-state index in [2.05, 4.69) is 0 Å². The van der Waals surface area contributed by atoms with Crippen LogP contribution in [0.25, 0.3) is 0 Å². The predicted molar refractivity (Wildman–Crippen MR) is 143 cm³/mol. The quantitative estimate of drug-likeness (QED) is 0.169. The molecule has 0 amide bonds. The molecule has 2 nitrogen and oxygen atoms in total. The molecule has 0 aliphatic heterocycles. The van der Waals surface area contributed by atoms with E-state index < -0.39 is 198 Å². The summed E-state index contributed by atoms with van der Waals surface area (Å²) in [7, 11) is 0. The van der Waals surface area contributed by atoms with Crippen LogP contribution in [0.5, 0.6) is 0 Å². The topological polar surface area (TPSA) is 9.86 Å². The van der Waals surface area contributed by atoms with Crippen LogP contribution >= 0.6 is 106 Å². The minimum atomic E-state index is -6.06. The van der Waals surface area contributed by atoms with Gasteiger partial charge < -0.3 is 0 Å². The van der Waals surface area contributed by atoms with Crippen molar-refractivity contribution < 1.29 is 105 Å². The minimum Gasteiger partial charge on any atom is -0.251 e. The molecule has 51 heavy (non-hydrogen) atoms. The van der Waals surface area contributed by atoms with Crippen LogP contribution in [-0.2, 0) is 0 Å².